The lowest BCUT2D eigenvalue weighted by Gasteiger charge is -2.20. The molecule has 2 rings (SSSR count). The molecular formula is C11H13N3O4S. The number of allylic oxidation sites excluding steroid dienone is 1. The lowest BCUT2D eigenvalue weighted by Crippen LogP contribution is -2.42. The minimum absolute atomic E-state index is 0.00715. The van der Waals surface area contributed by atoms with Crippen LogP contribution in [0.25, 0.3) is 0 Å². The predicted molar refractivity (Wildman–Crippen MR) is 70.0 cm³/mol. The van der Waals surface area contributed by atoms with Crippen LogP contribution in [0.2, 0.25) is 0 Å². The van der Waals surface area contributed by atoms with Gasteiger partial charge in [0.2, 0.25) is 0 Å². The summed E-state index contributed by atoms with van der Waals surface area (Å²) >= 11 is 0.833. The van der Waals surface area contributed by atoms with Crippen molar-refractivity contribution in [2.75, 3.05) is 0 Å². The second kappa shape index (κ2) is 4.96. The van der Waals surface area contributed by atoms with Crippen LogP contribution < -0.4 is 17.0 Å². The number of hydrogen-bond donors (Lipinski definition) is 2. The van der Waals surface area contributed by atoms with Gasteiger partial charge in [0, 0.05) is 12.6 Å². The second-order valence-corrected chi connectivity index (χ2v) is 5.13. The number of fused-ring (bicyclic) bond motifs is 1. The van der Waals surface area contributed by atoms with Gasteiger partial charge in [0.05, 0.1) is 17.3 Å². The first kappa shape index (κ1) is 13.5. The number of nitrogens with zero attached hydrogens (tertiary/aromatic N) is 2. The molecule has 0 saturated heterocycles. The summed E-state index contributed by atoms with van der Waals surface area (Å²) in [7, 11) is 0. The van der Waals surface area contributed by atoms with Gasteiger partial charge in [-0.05, 0) is 6.42 Å². The first-order valence-corrected chi connectivity index (χ1v) is 6.51. The summed E-state index contributed by atoms with van der Waals surface area (Å²) in [5.41, 5.74) is 4.90. The zero-order valence-electron chi connectivity index (χ0n) is 10.3. The number of carbonyl (C=O) groups is 1. The Hall–Kier alpha value is -1.96. The van der Waals surface area contributed by atoms with E-state index in [-0.39, 0.29) is 17.1 Å². The Kier molecular flexibility index (Phi) is 3.52. The van der Waals surface area contributed by atoms with Gasteiger partial charge in [0.25, 0.3) is 5.56 Å². The lowest BCUT2D eigenvalue weighted by molar-refractivity contribution is -0.131. The van der Waals surface area contributed by atoms with Gasteiger partial charge >= 0.3 is 11.7 Å². The topological polar surface area (TPSA) is 107 Å². The summed E-state index contributed by atoms with van der Waals surface area (Å²) in [6, 6.07) is 1.27. The Morgan fingerprint density at radius 1 is 1.53 bits per heavy atom. The monoisotopic (exact) mass is 283 g/mol. The molecule has 0 aliphatic carbocycles. The number of rotatable bonds is 3. The van der Waals surface area contributed by atoms with Crippen molar-refractivity contribution in [2.24, 2.45) is 5.73 Å². The summed E-state index contributed by atoms with van der Waals surface area (Å²) in [6.45, 7) is 2.19. The first-order chi connectivity index (χ1) is 8.95. The van der Waals surface area contributed by atoms with Crippen molar-refractivity contribution in [2.45, 2.75) is 31.5 Å². The zero-order valence-corrected chi connectivity index (χ0v) is 11.1. The quantitative estimate of drug-likeness (QED) is 0.743. The van der Waals surface area contributed by atoms with E-state index in [1.165, 1.54) is 10.6 Å². The Bertz CT molecular complexity index is 686. The number of nitrogens with two attached hydrogens (primary N) is 1. The van der Waals surface area contributed by atoms with Crippen molar-refractivity contribution < 1.29 is 9.90 Å². The molecule has 1 aliphatic heterocycles. The van der Waals surface area contributed by atoms with Crippen LogP contribution >= 0.6 is 11.8 Å². The molecule has 102 valence electrons. The Labute approximate surface area is 112 Å². The van der Waals surface area contributed by atoms with E-state index in [1.54, 1.807) is 0 Å². The highest BCUT2D eigenvalue weighted by Crippen LogP contribution is 2.30. The fourth-order valence-electron chi connectivity index (χ4n) is 1.85. The van der Waals surface area contributed by atoms with E-state index < -0.39 is 17.2 Å². The Morgan fingerprint density at radius 2 is 2.21 bits per heavy atom. The third-order valence-electron chi connectivity index (χ3n) is 2.71. The zero-order chi connectivity index (χ0) is 14.2. The molecule has 0 aromatic carbocycles. The second-order valence-electron chi connectivity index (χ2n) is 4.10. The van der Waals surface area contributed by atoms with E-state index in [2.05, 4.69) is 0 Å². The standard InChI is InChI=1S/C11H13N3O4S/c1-2-3-13-7(15)4-8-14(11(13)18)5-6(12)9(19-8)10(16)17/h4H,2-3,5,12H2,1H3,(H,16,17). The molecule has 1 aromatic rings. The SMILES string of the molecule is CCCn1c(=O)cc2n(c1=O)CC(N)=C(C(=O)O)S2. The summed E-state index contributed by atoms with van der Waals surface area (Å²) in [5, 5.41) is 9.30. The summed E-state index contributed by atoms with van der Waals surface area (Å²) in [5.74, 6) is -1.15. The molecule has 0 atom stereocenters. The van der Waals surface area contributed by atoms with E-state index in [4.69, 9.17) is 10.8 Å². The van der Waals surface area contributed by atoms with Crippen LogP contribution in [0.4, 0.5) is 0 Å². The molecule has 3 N–H and O–H groups in total. The smallest absolute Gasteiger partial charge is 0.344 e. The molecule has 0 fully saturated rings. The van der Waals surface area contributed by atoms with Crippen molar-refractivity contribution in [3.63, 3.8) is 0 Å². The minimum atomic E-state index is -1.15. The highest BCUT2D eigenvalue weighted by molar-refractivity contribution is 8.04. The van der Waals surface area contributed by atoms with E-state index in [0.29, 0.717) is 18.0 Å². The maximum atomic E-state index is 12.1. The summed E-state index contributed by atoms with van der Waals surface area (Å²) in [4.78, 5) is 34.9. The van der Waals surface area contributed by atoms with Crippen LogP contribution in [0.3, 0.4) is 0 Å². The molecule has 2 heterocycles. The Balaban J connectivity index is 2.58. The van der Waals surface area contributed by atoms with Gasteiger partial charge in [-0.1, -0.05) is 18.7 Å². The van der Waals surface area contributed by atoms with Crippen molar-refractivity contribution >= 4 is 17.7 Å². The molecule has 0 amide bonds. The van der Waals surface area contributed by atoms with Crippen molar-refractivity contribution in [3.8, 4) is 0 Å². The van der Waals surface area contributed by atoms with Gasteiger partial charge in [-0.25, -0.2) is 9.59 Å². The number of hydrogen-bond acceptors (Lipinski definition) is 5. The molecule has 7 nitrogen and oxygen atoms in total. The fourth-order valence-corrected chi connectivity index (χ4v) is 2.75. The third kappa shape index (κ3) is 2.30. The highest BCUT2D eigenvalue weighted by atomic mass is 32.2. The number of carboxylic acids is 1. The minimum Gasteiger partial charge on any atom is -0.477 e. The summed E-state index contributed by atoms with van der Waals surface area (Å²) < 4.78 is 2.45. The van der Waals surface area contributed by atoms with Crippen molar-refractivity contribution in [3.05, 3.63) is 37.5 Å². The van der Waals surface area contributed by atoms with Crippen LogP contribution in [-0.4, -0.2) is 20.2 Å². The van der Waals surface area contributed by atoms with Gasteiger partial charge in [-0.3, -0.25) is 13.9 Å². The summed E-state index contributed by atoms with van der Waals surface area (Å²) in [6.07, 6.45) is 0.660. The molecule has 8 heteroatoms. The van der Waals surface area contributed by atoms with E-state index >= 15 is 0 Å². The maximum absolute atomic E-state index is 12.1. The third-order valence-corrected chi connectivity index (χ3v) is 3.90. The van der Waals surface area contributed by atoms with E-state index in [0.717, 1.165) is 16.3 Å². The van der Waals surface area contributed by atoms with Gasteiger partial charge < -0.3 is 10.8 Å². The highest BCUT2D eigenvalue weighted by Gasteiger charge is 2.24. The van der Waals surface area contributed by atoms with Gasteiger partial charge in [-0.15, -0.1) is 0 Å². The molecule has 0 spiro atoms. The van der Waals surface area contributed by atoms with Crippen molar-refractivity contribution in [1.82, 2.24) is 9.13 Å². The molecule has 0 radical (unpaired) electrons. The van der Waals surface area contributed by atoms with E-state index in [1.807, 2.05) is 6.92 Å². The van der Waals surface area contributed by atoms with Gasteiger partial charge in [-0.2, -0.15) is 0 Å². The number of thioether (sulfide) groups is 1. The van der Waals surface area contributed by atoms with Crippen LogP contribution in [0.1, 0.15) is 13.3 Å². The van der Waals surface area contributed by atoms with Crippen LogP contribution in [0.5, 0.6) is 0 Å². The molecule has 19 heavy (non-hydrogen) atoms. The van der Waals surface area contributed by atoms with Gasteiger partial charge in [0.15, 0.2) is 0 Å². The molecule has 0 unspecified atom stereocenters. The first-order valence-electron chi connectivity index (χ1n) is 5.70. The van der Waals surface area contributed by atoms with Gasteiger partial charge in [0.1, 0.15) is 4.91 Å². The molecule has 0 bridgehead atoms. The van der Waals surface area contributed by atoms with E-state index in [9.17, 15) is 14.4 Å². The predicted octanol–water partition coefficient (Wildman–Crippen LogP) is -0.219. The number of aliphatic carboxylic acids is 1. The van der Waals surface area contributed by atoms with Crippen LogP contribution in [0, 0.1) is 0 Å². The molecule has 1 aliphatic rings. The Morgan fingerprint density at radius 3 is 2.79 bits per heavy atom. The average Bonchev–Trinajstić information content (AvgIpc) is 2.35. The molecule has 1 aromatic heterocycles. The number of aromatic nitrogens is 2. The fraction of sp³-hybridized carbons (Fsp3) is 0.364. The largest absolute Gasteiger partial charge is 0.477 e. The lowest BCUT2D eigenvalue weighted by atomic mass is 10.3. The van der Waals surface area contributed by atoms with Crippen LogP contribution in [0.15, 0.2) is 31.3 Å². The average molecular weight is 283 g/mol. The van der Waals surface area contributed by atoms with Crippen molar-refractivity contribution in [1.29, 1.82) is 0 Å². The van der Waals surface area contributed by atoms with Crippen LogP contribution in [-0.2, 0) is 17.9 Å². The molecule has 0 saturated carbocycles. The normalized spacial score (nSPS) is 14.4. The molecular weight excluding hydrogens is 270 g/mol. The number of carboxylic acid groups (broad SMARTS) is 1. The maximum Gasteiger partial charge on any atom is 0.344 e.